The van der Waals surface area contributed by atoms with Crippen LogP contribution in [0, 0.1) is 6.92 Å². The summed E-state index contributed by atoms with van der Waals surface area (Å²) in [5, 5.41) is 8.63. The monoisotopic (exact) mass is 225 g/mol. The van der Waals surface area contributed by atoms with E-state index in [1.165, 1.54) is 13.2 Å². The first-order chi connectivity index (χ1) is 7.60. The van der Waals surface area contributed by atoms with Gasteiger partial charge in [-0.3, -0.25) is 0 Å². The van der Waals surface area contributed by atoms with Crippen LogP contribution >= 0.6 is 0 Å². The van der Waals surface area contributed by atoms with Gasteiger partial charge in [0.15, 0.2) is 0 Å². The largest absolute Gasteiger partial charge is 0.491 e. The third-order valence-electron chi connectivity index (χ3n) is 2.13. The second-order valence-corrected chi connectivity index (χ2v) is 3.27. The van der Waals surface area contributed by atoms with Crippen LogP contribution in [0.15, 0.2) is 12.1 Å². The molecule has 3 N–H and O–H groups in total. The first-order valence-electron chi connectivity index (χ1n) is 4.82. The number of carbonyl (C=O) groups is 1. The van der Waals surface area contributed by atoms with Crippen LogP contribution in [0.4, 0.5) is 5.69 Å². The summed E-state index contributed by atoms with van der Waals surface area (Å²) in [6, 6.07) is 3.21. The van der Waals surface area contributed by atoms with Crippen LogP contribution in [-0.4, -0.2) is 31.4 Å². The minimum atomic E-state index is -0.505. The molecule has 0 aliphatic heterocycles. The van der Waals surface area contributed by atoms with E-state index in [9.17, 15) is 4.79 Å². The summed E-state index contributed by atoms with van der Waals surface area (Å²) in [7, 11) is 1.29. The third kappa shape index (κ3) is 2.64. The lowest BCUT2D eigenvalue weighted by molar-refractivity contribution is 0.0601. The molecule has 0 aromatic heterocycles. The standard InChI is InChI=1S/C11H15NO4/c1-7-5-8(16-4-3-13)6-9(10(7)12)11(14)15-2/h5-6,13H,3-4,12H2,1-2H3. The van der Waals surface area contributed by atoms with Gasteiger partial charge in [0, 0.05) is 5.69 Å². The van der Waals surface area contributed by atoms with Crippen molar-refractivity contribution < 1.29 is 19.4 Å². The lowest BCUT2D eigenvalue weighted by Crippen LogP contribution is -2.09. The number of hydrogen-bond donors (Lipinski definition) is 2. The van der Waals surface area contributed by atoms with E-state index in [0.29, 0.717) is 11.4 Å². The second-order valence-electron chi connectivity index (χ2n) is 3.27. The van der Waals surface area contributed by atoms with Crippen molar-refractivity contribution in [2.24, 2.45) is 0 Å². The number of ether oxygens (including phenoxy) is 2. The normalized spacial score (nSPS) is 9.94. The molecule has 0 saturated heterocycles. The van der Waals surface area contributed by atoms with Crippen molar-refractivity contribution in [1.29, 1.82) is 0 Å². The van der Waals surface area contributed by atoms with E-state index in [0.717, 1.165) is 5.56 Å². The Morgan fingerprint density at radius 3 is 2.75 bits per heavy atom. The number of rotatable bonds is 4. The first kappa shape index (κ1) is 12.3. The maximum Gasteiger partial charge on any atom is 0.340 e. The Morgan fingerprint density at radius 1 is 1.50 bits per heavy atom. The molecule has 0 radical (unpaired) electrons. The molecule has 0 aliphatic rings. The number of esters is 1. The van der Waals surface area contributed by atoms with Crippen molar-refractivity contribution >= 4 is 11.7 Å². The van der Waals surface area contributed by atoms with Gasteiger partial charge >= 0.3 is 5.97 Å². The molecular weight excluding hydrogens is 210 g/mol. The molecular formula is C11H15NO4. The topological polar surface area (TPSA) is 81.8 Å². The highest BCUT2D eigenvalue weighted by molar-refractivity contribution is 5.96. The fourth-order valence-electron chi connectivity index (χ4n) is 1.29. The van der Waals surface area contributed by atoms with E-state index in [2.05, 4.69) is 4.74 Å². The number of nitrogen functional groups attached to an aromatic ring is 1. The highest BCUT2D eigenvalue weighted by Gasteiger charge is 2.13. The van der Waals surface area contributed by atoms with Crippen molar-refractivity contribution in [3.05, 3.63) is 23.3 Å². The Labute approximate surface area is 93.8 Å². The summed E-state index contributed by atoms with van der Waals surface area (Å²) in [6.45, 7) is 1.86. The van der Waals surface area contributed by atoms with Gasteiger partial charge < -0.3 is 20.3 Å². The molecule has 5 nitrogen and oxygen atoms in total. The number of aliphatic hydroxyl groups is 1. The van der Waals surface area contributed by atoms with E-state index in [1.54, 1.807) is 13.0 Å². The zero-order valence-corrected chi connectivity index (χ0v) is 9.32. The molecule has 0 saturated carbocycles. The average molecular weight is 225 g/mol. The summed E-state index contributed by atoms with van der Waals surface area (Å²) < 4.78 is 9.82. The van der Waals surface area contributed by atoms with Crippen molar-refractivity contribution in [3.63, 3.8) is 0 Å². The SMILES string of the molecule is COC(=O)c1cc(OCCO)cc(C)c1N. The molecule has 0 amide bonds. The molecule has 5 heteroatoms. The Balaban J connectivity index is 3.06. The maximum absolute atomic E-state index is 11.4. The van der Waals surface area contributed by atoms with Gasteiger partial charge in [-0.2, -0.15) is 0 Å². The van der Waals surface area contributed by atoms with Gasteiger partial charge in [0.25, 0.3) is 0 Å². The number of nitrogens with two attached hydrogens (primary N) is 1. The smallest absolute Gasteiger partial charge is 0.340 e. The van der Waals surface area contributed by atoms with Gasteiger partial charge in [0.2, 0.25) is 0 Å². The van der Waals surface area contributed by atoms with Crippen LogP contribution in [0.1, 0.15) is 15.9 Å². The molecule has 1 aromatic carbocycles. The Morgan fingerprint density at radius 2 is 2.19 bits per heavy atom. The van der Waals surface area contributed by atoms with Crippen molar-refractivity contribution in [1.82, 2.24) is 0 Å². The summed E-state index contributed by atoms with van der Waals surface area (Å²) in [5.74, 6) is -0.0174. The van der Waals surface area contributed by atoms with Crippen LogP contribution in [0.25, 0.3) is 0 Å². The van der Waals surface area contributed by atoms with Gasteiger partial charge in [-0.15, -0.1) is 0 Å². The summed E-state index contributed by atoms with van der Waals surface area (Å²) in [6.07, 6.45) is 0. The molecule has 0 unspecified atom stereocenters. The molecule has 1 aromatic rings. The minimum Gasteiger partial charge on any atom is -0.491 e. The van der Waals surface area contributed by atoms with Gasteiger partial charge in [-0.05, 0) is 24.6 Å². The number of aliphatic hydroxyl groups excluding tert-OH is 1. The molecule has 88 valence electrons. The van der Waals surface area contributed by atoms with Crippen molar-refractivity contribution in [3.8, 4) is 5.75 Å². The number of carbonyl (C=O) groups excluding carboxylic acids is 1. The number of hydrogen-bond acceptors (Lipinski definition) is 5. The van der Waals surface area contributed by atoms with Crippen molar-refractivity contribution in [2.75, 3.05) is 26.1 Å². The van der Waals surface area contributed by atoms with Crippen LogP contribution < -0.4 is 10.5 Å². The van der Waals surface area contributed by atoms with Crippen LogP contribution in [0.3, 0.4) is 0 Å². The highest BCUT2D eigenvalue weighted by atomic mass is 16.5. The Bertz CT molecular complexity index is 390. The predicted molar refractivity (Wildman–Crippen MR) is 59.5 cm³/mol. The molecule has 0 heterocycles. The number of anilines is 1. The zero-order valence-electron chi connectivity index (χ0n) is 9.32. The molecule has 0 aliphatic carbocycles. The third-order valence-corrected chi connectivity index (χ3v) is 2.13. The fourth-order valence-corrected chi connectivity index (χ4v) is 1.29. The van der Waals surface area contributed by atoms with Gasteiger partial charge in [-0.25, -0.2) is 4.79 Å². The van der Waals surface area contributed by atoms with E-state index in [1.807, 2.05) is 0 Å². The van der Waals surface area contributed by atoms with Crippen LogP contribution in [0.5, 0.6) is 5.75 Å². The zero-order chi connectivity index (χ0) is 12.1. The van der Waals surface area contributed by atoms with Gasteiger partial charge in [0.1, 0.15) is 12.4 Å². The lowest BCUT2D eigenvalue weighted by Gasteiger charge is -2.11. The Hall–Kier alpha value is -1.75. The number of aryl methyl sites for hydroxylation is 1. The average Bonchev–Trinajstić information content (AvgIpc) is 2.29. The highest BCUT2D eigenvalue weighted by Crippen LogP contribution is 2.24. The number of benzene rings is 1. The summed E-state index contributed by atoms with van der Waals surface area (Å²) >= 11 is 0. The summed E-state index contributed by atoms with van der Waals surface area (Å²) in [5.41, 5.74) is 7.13. The van der Waals surface area contributed by atoms with E-state index >= 15 is 0 Å². The second kappa shape index (κ2) is 5.37. The molecule has 0 fully saturated rings. The summed E-state index contributed by atoms with van der Waals surface area (Å²) in [4.78, 5) is 11.4. The van der Waals surface area contributed by atoms with E-state index in [-0.39, 0.29) is 18.8 Å². The van der Waals surface area contributed by atoms with Crippen LogP contribution in [-0.2, 0) is 4.74 Å². The van der Waals surface area contributed by atoms with Gasteiger partial charge in [-0.1, -0.05) is 0 Å². The van der Waals surface area contributed by atoms with Gasteiger partial charge in [0.05, 0.1) is 19.3 Å². The molecule has 16 heavy (non-hydrogen) atoms. The fraction of sp³-hybridized carbons (Fsp3) is 0.364. The molecule has 1 rings (SSSR count). The van der Waals surface area contributed by atoms with E-state index in [4.69, 9.17) is 15.6 Å². The lowest BCUT2D eigenvalue weighted by atomic mass is 10.1. The molecule has 0 bridgehead atoms. The quantitative estimate of drug-likeness (QED) is 0.583. The van der Waals surface area contributed by atoms with Crippen LogP contribution in [0.2, 0.25) is 0 Å². The maximum atomic E-state index is 11.4. The molecule has 0 spiro atoms. The minimum absolute atomic E-state index is 0.0863. The van der Waals surface area contributed by atoms with Crippen molar-refractivity contribution in [2.45, 2.75) is 6.92 Å². The van der Waals surface area contributed by atoms with E-state index < -0.39 is 5.97 Å². The predicted octanol–water partition coefficient (Wildman–Crippen LogP) is 0.735. The Kier molecular flexibility index (Phi) is 4.13. The molecule has 0 atom stereocenters. The number of methoxy groups -OCH3 is 1. The first-order valence-corrected chi connectivity index (χ1v) is 4.82.